The lowest BCUT2D eigenvalue weighted by Gasteiger charge is -2.07. The molecule has 0 spiro atoms. The molecule has 0 aliphatic carbocycles. The van der Waals surface area contributed by atoms with Crippen LogP contribution in [0, 0.1) is 6.92 Å². The molecule has 0 saturated heterocycles. The molecule has 0 unspecified atom stereocenters. The van der Waals surface area contributed by atoms with Crippen molar-refractivity contribution in [2.24, 2.45) is 4.99 Å². The number of benzene rings is 2. The SMILES string of the molecule is CCCCCCCCCCCCCCCCCCOc1ccc(-c2[nH]c(O)c3c2C(=O)N=C3c2ccc(C)cc2)cc1. The van der Waals surface area contributed by atoms with Gasteiger partial charge in [-0.15, -0.1) is 0 Å². The number of amides is 1. The fourth-order valence-corrected chi connectivity index (χ4v) is 5.84. The Morgan fingerprint density at radius 3 is 1.71 bits per heavy atom. The third-order valence-corrected chi connectivity index (χ3v) is 8.38. The van der Waals surface area contributed by atoms with Crippen LogP contribution in [0.1, 0.15) is 137 Å². The average molecular weight is 571 g/mol. The number of ether oxygens (including phenoxy) is 1. The van der Waals surface area contributed by atoms with Crippen LogP contribution in [0.25, 0.3) is 11.3 Å². The minimum absolute atomic E-state index is 0.0333. The molecule has 0 saturated carbocycles. The molecule has 2 aromatic carbocycles. The van der Waals surface area contributed by atoms with E-state index in [-0.39, 0.29) is 11.8 Å². The maximum absolute atomic E-state index is 12.8. The van der Waals surface area contributed by atoms with Gasteiger partial charge < -0.3 is 14.8 Å². The van der Waals surface area contributed by atoms with Crippen LogP contribution in [0.3, 0.4) is 0 Å². The number of carbonyl (C=O) groups excluding carboxylic acids is 1. The van der Waals surface area contributed by atoms with E-state index in [1.807, 2.05) is 55.5 Å². The molecule has 5 heteroatoms. The van der Waals surface area contributed by atoms with Crippen LogP contribution in [-0.4, -0.2) is 28.3 Å². The zero-order chi connectivity index (χ0) is 29.6. The third-order valence-electron chi connectivity index (χ3n) is 8.38. The zero-order valence-corrected chi connectivity index (χ0v) is 25.9. The van der Waals surface area contributed by atoms with Gasteiger partial charge >= 0.3 is 0 Å². The molecule has 0 atom stereocenters. The molecule has 0 bridgehead atoms. The number of aromatic amines is 1. The minimum atomic E-state index is -0.337. The topological polar surface area (TPSA) is 74.7 Å². The van der Waals surface area contributed by atoms with E-state index in [4.69, 9.17) is 4.74 Å². The van der Waals surface area contributed by atoms with E-state index < -0.39 is 0 Å². The van der Waals surface area contributed by atoms with E-state index in [9.17, 15) is 9.90 Å². The number of aryl methyl sites for hydroxylation is 1. The highest BCUT2D eigenvalue weighted by molar-refractivity contribution is 6.30. The summed E-state index contributed by atoms with van der Waals surface area (Å²) in [4.78, 5) is 20.1. The number of nitrogens with zero attached hydrogens (tertiary/aromatic N) is 1. The van der Waals surface area contributed by atoms with Crippen molar-refractivity contribution in [3.63, 3.8) is 0 Å². The molecule has 0 fully saturated rings. The molecule has 1 aromatic heterocycles. The number of nitrogens with one attached hydrogen (secondary N) is 1. The van der Waals surface area contributed by atoms with Crippen molar-refractivity contribution in [3.05, 3.63) is 70.8 Å². The van der Waals surface area contributed by atoms with Crippen molar-refractivity contribution in [2.75, 3.05) is 6.61 Å². The molecule has 226 valence electrons. The highest BCUT2D eigenvalue weighted by atomic mass is 16.5. The number of aromatic hydroxyl groups is 1. The lowest BCUT2D eigenvalue weighted by molar-refractivity contribution is 0.101. The first kappa shape index (κ1) is 31.6. The molecular formula is C37H50N2O3. The normalized spacial score (nSPS) is 12.5. The van der Waals surface area contributed by atoms with E-state index in [2.05, 4.69) is 16.9 Å². The van der Waals surface area contributed by atoms with E-state index in [0.717, 1.165) is 28.9 Å². The molecular weight excluding hydrogens is 520 g/mol. The first-order valence-electron chi connectivity index (χ1n) is 16.5. The number of aliphatic imine (C=N–C) groups is 1. The molecule has 5 nitrogen and oxygen atoms in total. The second-order valence-corrected chi connectivity index (χ2v) is 11.9. The highest BCUT2D eigenvalue weighted by Gasteiger charge is 2.33. The number of unbranched alkanes of at least 4 members (excludes halogenated alkanes) is 15. The maximum Gasteiger partial charge on any atom is 0.280 e. The summed E-state index contributed by atoms with van der Waals surface area (Å²) in [7, 11) is 0. The van der Waals surface area contributed by atoms with Gasteiger partial charge in [0.25, 0.3) is 5.91 Å². The van der Waals surface area contributed by atoms with Crippen LogP contribution in [-0.2, 0) is 0 Å². The van der Waals surface area contributed by atoms with Crippen LogP contribution in [0.4, 0.5) is 0 Å². The van der Waals surface area contributed by atoms with Gasteiger partial charge in [0.05, 0.1) is 29.1 Å². The van der Waals surface area contributed by atoms with Gasteiger partial charge in [0.2, 0.25) is 0 Å². The first-order valence-corrected chi connectivity index (χ1v) is 16.5. The summed E-state index contributed by atoms with van der Waals surface area (Å²) in [5, 5.41) is 10.7. The number of fused-ring (bicyclic) bond motifs is 1. The van der Waals surface area contributed by atoms with Gasteiger partial charge in [0.1, 0.15) is 5.75 Å². The summed E-state index contributed by atoms with van der Waals surface area (Å²) in [5.41, 5.74) is 4.74. The van der Waals surface area contributed by atoms with Crippen LogP contribution < -0.4 is 4.74 Å². The second kappa shape index (κ2) is 16.9. The number of carbonyl (C=O) groups is 1. The van der Waals surface area contributed by atoms with Crippen LogP contribution >= 0.6 is 0 Å². The maximum atomic E-state index is 12.8. The number of H-pyrrole nitrogens is 1. The van der Waals surface area contributed by atoms with E-state index in [0.29, 0.717) is 29.1 Å². The van der Waals surface area contributed by atoms with Crippen molar-refractivity contribution in [2.45, 2.75) is 117 Å². The van der Waals surface area contributed by atoms with E-state index in [1.54, 1.807) is 0 Å². The molecule has 2 N–H and O–H groups in total. The Hall–Kier alpha value is -3.34. The quantitative estimate of drug-likeness (QED) is 0.133. The summed E-state index contributed by atoms with van der Waals surface area (Å²) in [6, 6.07) is 15.5. The Morgan fingerprint density at radius 2 is 1.17 bits per heavy atom. The lowest BCUT2D eigenvalue weighted by Crippen LogP contribution is -1.99. The van der Waals surface area contributed by atoms with Gasteiger partial charge in [-0.25, -0.2) is 4.99 Å². The minimum Gasteiger partial charge on any atom is -0.494 e. The number of aromatic nitrogens is 1. The smallest absolute Gasteiger partial charge is 0.280 e. The standard InChI is InChI=1S/C37H50N2O3/c1-3-4-5-6-7-8-9-10-11-12-13-14-15-16-17-18-27-42-31-25-23-30(24-26-31)35-33-32(36(40)39-35)34(38-37(33)41)29-21-19-28(2)20-22-29/h19-26,39-40H,3-18,27H2,1-2H3. The van der Waals surface area contributed by atoms with Crippen molar-refractivity contribution in [1.82, 2.24) is 4.98 Å². The molecule has 3 aromatic rings. The average Bonchev–Trinajstić information content (AvgIpc) is 3.53. The fourth-order valence-electron chi connectivity index (χ4n) is 5.84. The molecule has 42 heavy (non-hydrogen) atoms. The Bertz CT molecular complexity index is 1270. The predicted octanol–water partition coefficient (Wildman–Crippen LogP) is 10.3. The van der Waals surface area contributed by atoms with Crippen molar-refractivity contribution in [3.8, 4) is 22.9 Å². The monoisotopic (exact) mass is 570 g/mol. The van der Waals surface area contributed by atoms with Crippen molar-refractivity contribution in [1.29, 1.82) is 0 Å². The highest BCUT2D eigenvalue weighted by Crippen LogP contribution is 2.38. The summed E-state index contributed by atoms with van der Waals surface area (Å²) in [6.07, 6.45) is 21.7. The zero-order valence-electron chi connectivity index (χ0n) is 25.9. The number of hydrogen-bond donors (Lipinski definition) is 2. The van der Waals surface area contributed by atoms with E-state index >= 15 is 0 Å². The Morgan fingerprint density at radius 1 is 0.667 bits per heavy atom. The van der Waals surface area contributed by atoms with Crippen LogP contribution in [0.5, 0.6) is 11.6 Å². The van der Waals surface area contributed by atoms with Gasteiger partial charge in [-0.2, -0.15) is 0 Å². The third kappa shape index (κ3) is 9.08. The first-order chi connectivity index (χ1) is 20.6. The Kier molecular flexibility index (Phi) is 12.7. The Labute approximate surface area is 252 Å². The molecule has 0 radical (unpaired) electrons. The van der Waals surface area contributed by atoms with Crippen molar-refractivity contribution < 1.29 is 14.6 Å². The van der Waals surface area contributed by atoms with E-state index in [1.165, 1.54) is 96.3 Å². The molecule has 1 aliphatic rings. The number of rotatable bonds is 20. The molecule has 1 amide bonds. The van der Waals surface area contributed by atoms with Crippen LogP contribution in [0.15, 0.2) is 53.5 Å². The lowest BCUT2D eigenvalue weighted by atomic mass is 9.99. The Balaban J connectivity index is 1.10. The number of hydrogen-bond acceptors (Lipinski definition) is 3. The molecule has 4 rings (SSSR count). The summed E-state index contributed by atoms with van der Waals surface area (Å²) in [5.74, 6) is 0.444. The molecule has 2 heterocycles. The summed E-state index contributed by atoms with van der Waals surface area (Å²) in [6.45, 7) is 5.00. The summed E-state index contributed by atoms with van der Waals surface area (Å²) < 4.78 is 5.97. The second-order valence-electron chi connectivity index (χ2n) is 11.9. The van der Waals surface area contributed by atoms with Gasteiger partial charge in [-0.3, -0.25) is 4.79 Å². The van der Waals surface area contributed by atoms with Gasteiger partial charge in [0.15, 0.2) is 5.88 Å². The van der Waals surface area contributed by atoms with Gasteiger partial charge in [-0.1, -0.05) is 133 Å². The fraction of sp³-hybridized carbons (Fsp3) is 0.514. The molecule has 1 aliphatic heterocycles. The van der Waals surface area contributed by atoms with Crippen LogP contribution in [0.2, 0.25) is 0 Å². The van der Waals surface area contributed by atoms with Crippen molar-refractivity contribution >= 4 is 11.6 Å². The largest absolute Gasteiger partial charge is 0.494 e. The summed E-state index contributed by atoms with van der Waals surface area (Å²) >= 11 is 0. The predicted molar refractivity (Wildman–Crippen MR) is 174 cm³/mol. The van der Waals surface area contributed by atoms with Gasteiger partial charge in [0, 0.05) is 5.56 Å². The van der Waals surface area contributed by atoms with Gasteiger partial charge in [-0.05, 0) is 43.2 Å².